The third-order valence-electron chi connectivity index (χ3n) is 7.11. The molecule has 2 saturated heterocycles. The van der Waals surface area contributed by atoms with Gasteiger partial charge in [-0.15, -0.1) is 0 Å². The molecule has 6 rings (SSSR count). The molecule has 182 valence electrons. The average Bonchev–Trinajstić information content (AvgIpc) is 3.52. The highest BCUT2D eigenvalue weighted by Crippen LogP contribution is 2.34. The molecule has 0 bridgehead atoms. The lowest BCUT2D eigenvalue weighted by atomic mass is 10.0. The number of fused-ring (bicyclic) bond motifs is 1. The van der Waals surface area contributed by atoms with Gasteiger partial charge in [-0.2, -0.15) is 5.10 Å². The summed E-state index contributed by atoms with van der Waals surface area (Å²) in [5, 5.41) is 7.89. The Morgan fingerprint density at radius 2 is 1.89 bits per heavy atom. The second kappa shape index (κ2) is 9.22. The van der Waals surface area contributed by atoms with Gasteiger partial charge in [-0.25, -0.2) is 14.1 Å². The highest BCUT2D eigenvalue weighted by Gasteiger charge is 2.29. The minimum Gasteiger partial charge on any atom is -0.379 e. The number of pyridine rings is 1. The molecule has 1 aromatic carbocycles. The highest BCUT2D eigenvalue weighted by atomic mass is 35.5. The van der Waals surface area contributed by atoms with Gasteiger partial charge in [0.25, 0.3) is 5.91 Å². The van der Waals surface area contributed by atoms with Crippen LogP contribution in [0.15, 0.2) is 36.5 Å². The van der Waals surface area contributed by atoms with Crippen LogP contribution in [0.3, 0.4) is 0 Å². The maximum atomic E-state index is 14.7. The quantitative estimate of drug-likeness (QED) is 0.597. The van der Waals surface area contributed by atoms with E-state index in [4.69, 9.17) is 21.4 Å². The molecule has 0 aliphatic carbocycles. The molecule has 0 atom stereocenters. The number of piperidine rings is 1. The first-order valence-corrected chi connectivity index (χ1v) is 12.4. The molecule has 35 heavy (non-hydrogen) atoms. The fourth-order valence-corrected chi connectivity index (χ4v) is 5.54. The summed E-state index contributed by atoms with van der Waals surface area (Å²) in [4.78, 5) is 22.0. The number of amides is 1. The predicted octanol–water partition coefficient (Wildman–Crippen LogP) is 3.27. The van der Waals surface area contributed by atoms with Crippen LogP contribution in [-0.2, 0) is 11.3 Å². The Morgan fingerprint density at radius 1 is 1.09 bits per heavy atom. The summed E-state index contributed by atoms with van der Waals surface area (Å²) < 4.78 is 21.8. The lowest BCUT2D eigenvalue weighted by molar-refractivity contribution is 0.0115. The lowest BCUT2D eigenvalue weighted by Gasteiger charge is -2.40. The van der Waals surface area contributed by atoms with Crippen molar-refractivity contribution in [1.29, 1.82) is 0 Å². The first-order chi connectivity index (χ1) is 17.1. The summed E-state index contributed by atoms with van der Waals surface area (Å²) in [5.74, 6) is 0.189. The molecule has 3 aliphatic heterocycles. The van der Waals surface area contributed by atoms with Gasteiger partial charge in [0.15, 0.2) is 5.82 Å². The Hall–Kier alpha value is -3.01. The van der Waals surface area contributed by atoms with E-state index in [9.17, 15) is 9.18 Å². The molecule has 10 heteroatoms. The van der Waals surface area contributed by atoms with E-state index in [0.717, 1.165) is 58.1 Å². The van der Waals surface area contributed by atoms with Crippen molar-refractivity contribution in [2.75, 3.05) is 44.3 Å². The monoisotopic (exact) mass is 496 g/mol. The van der Waals surface area contributed by atoms with E-state index in [-0.39, 0.29) is 23.0 Å². The molecule has 0 spiro atoms. The van der Waals surface area contributed by atoms with Crippen molar-refractivity contribution in [3.63, 3.8) is 0 Å². The Morgan fingerprint density at radius 3 is 2.66 bits per heavy atom. The molecule has 8 nitrogen and oxygen atoms in total. The minimum atomic E-state index is -0.461. The van der Waals surface area contributed by atoms with Crippen LogP contribution in [0.1, 0.15) is 28.9 Å². The summed E-state index contributed by atoms with van der Waals surface area (Å²) in [6.07, 6.45) is 4.00. The number of nitrogens with one attached hydrogen (secondary N) is 1. The maximum Gasteiger partial charge on any atom is 0.255 e. The number of rotatable bonds is 4. The lowest BCUT2D eigenvalue weighted by Crippen LogP contribution is -2.49. The van der Waals surface area contributed by atoms with Crippen molar-refractivity contribution >= 4 is 23.3 Å². The van der Waals surface area contributed by atoms with Crippen molar-refractivity contribution in [1.82, 2.24) is 25.0 Å². The zero-order chi connectivity index (χ0) is 23.9. The first kappa shape index (κ1) is 22.5. The van der Waals surface area contributed by atoms with Gasteiger partial charge in [0.1, 0.15) is 5.82 Å². The molecule has 0 radical (unpaired) electrons. The van der Waals surface area contributed by atoms with Crippen molar-refractivity contribution < 1.29 is 13.9 Å². The molecule has 3 aliphatic rings. The summed E-state index contributed by atoms with van der Waals surface area (Å²) in [5.41, 5.74) is 2.18. The van der Waals surface area contributed by atoms with Crippen molar-refractivity contribution in [3.8, 4) is 16.9 Å². The third kappa shape index (κ3) is 4.17. The van der Waals surface area contributed by atoms with Gasteiger partial charge in [0.05, 0.1) is 53.0 Å². The Balaban J connectivity index is 1.29. The predicted molar refractivity (Wildman–Crippen MR) is 131 cm³/mol. The van der Waals surface area contributed by atoms with E-state index in [1.807, 2.05) is 12.3 Å². The SMILES string of the molecule is O=C1NCc2nc(-c3c(F)cccc3Cl)cc(-n3ccc(N4CCC(N5CCOCC5)CC4)n3)c21. The summed E-state index contributed by atoms with van der Waals surface area (Å²) >= 11 is 6.31. The molecule has 0 saturated carbocycles. The van der Waals surface area contributed by atoms with E-state index in [2.05, 4.69) is 20.1 Å². The number of ether oxygens (including phenoxy) is 1. The van der Waals surface area contributed by atoms with Crippen LogP contribution < -0.4 is 10.2 Å². The standard InChI is InChI=1S/C25H26ClFN6O2/c26-17-2-1-3-18(27)23(17)19-14-21(24-20(29-19)15-28-25(24)34)33-9-6-22(30-33)32-7-4-16(5-8-32)31-10-12-35-13-11-31/h1-3,6,9,14,16H,4-5,7-8,10-13,15H2,(H,28,34). The fourth-order valence-electron chi connectivity index (χ4n) is 5.28. The Labute approximate surface area is 207 Å². The number of carbonyl (C=O) groups excluding carboxylic acids is 1. The fraction of sp³-hybridized carbons (Fsp3) is 0.400. The summed E-state index contributed by atoms with van der Waals surface area (Å²) in [6.45, 7) is 5.76. The highest BCUT2D eigenvalue weighted by molar-refractivity contribution is 6.33. The number of hydrogen-bond donors (Lipinski definition) is 1. The molecule has 2 aromatic heterocycles. The van der Waals surface area contributed by atoms with E-state index in [1.54, 1.807) is 22.9 Å². The number of hydrogen-bond acceptors (Lipinski definition) is 6. The zero-order valence-corrected chi connectivity index (χ0v) is 20.0. The topological polar surface area (TPSA) is 75.5 Å². The second-order valence-corrected chi connectivity index (χ2v) is 9.52. The molecule has 5 heterocycles. The van der Waals surface area contributed by atoms with Crippen LogP contribution in [0.2, 0.25) is 5.02 Å². The number of halogens is 2. The number of benzene rings is 1. The number of aromatic nitrogens is 3. The molecular weight excluding hydrogens is 471 g/mol. The minimum absolute atomic E-state index is 0.211. The molecule has 3 aromatic rings. The Bertz CT molecular complexity index is 1250. The molecule has 1 N–H and O–H groups in total. The Kier molecular flexibility index (Phi) is 5.91. The van der Waals surface area contributed by atoms with Crippen LogP contribution in [0.5, 0.6) is 0 Å². The molecular formula is C25H26ClFN6O2. The maximum absolute atomic E-state index is 14.7. The van der Waals surface area contributed by atoms with E-state index < -0.39 is 5.82 Å². The zero-order valence-electron chi connectivity index (χ0n) is 19.2. The van der Waals surface area contributed by atoms with Crippen molar-refractivity contribution in [2.45, 2.75) is 25.4 Å². The van der Waals surface area contributed by atoms with Crippen LogP contribution in [0.25, 0.3) is 16.9 Å². The van der Waals surface area contributed by atoms with E-state index in [0.29, 0.717) is 28.7 Å². The van der Waals surface area contributed by atoms with E-state index in [1.165, 1.54) is 6.07 Å². The second-order valence-electron chi connectivity index (χ2n) is 9.11. The third-order valence-corrected chi connectivity index (χ3v) is 7.42. The van der Waals surface area contributed by atoms with Crippen LogP contribution in [-0.4, -0.2) is 71.0 Å². The largest absolute Gasteiger partial charge is 0.379 e. The number of nitrogens with zero attached hydrogens (tertiary/aromatic N) is 5. The summed E-state index contributed by atoms with van der Waals surface area (Å²) in [6, 6.07) is 8.77. The number of morpholine rings is 1. The van der Waals surface area contributed by atoms with Crippen LogP contribution in [0.4, 0.5) is 10.2 Å². The number of carbonyl (C=O) groups is 1. The van der Waals surface area contributed by atoms with Gasteiger partial charge in [-0.05, 0) is 31.0 Å². The van der Waals surface area contributed by atoms with Gasteiger partial charge < -0.3 is 15.0 Å². The number of anilines is 1. The van der Waals surface area contributed by atoms with Gasteiger partial charge >= 0.3 is 0 Å². The summed E-state index contributed by atoms with van der Waals surface area (Å²) in [7, 11) is 0. The molecule has 0 unspecified atom stereocenters. The van der Waals surface area contributed by atoms with Gasteiger partial charge in [0, 0.05) is 44.5 Å². The van der Waals surface area contributed by atoms with Crippen LogP contribution in [0, 0.1) is 5.82 Å². The van der Waals surface area contributed by atoms with Crippen LogP contribution >= 0.6 is 11.6 Å². The molecule has 1 amide bonds. The van der Waals surface area contributed by atoms with Gasteiger partial charge in [0.2, 0.25) is 0 Å². The van der Waals surface area contributed by atoms with Crippen molar-refractivity contribution in [3.05, 3.63) is 58.6 Å². The van der Waals surface area contributed by atoms with Gasteiger partial charge in [-0.1, -0.05) is 17.7 Å². The van der Waals surface area contributed by atoms with E-state index >= 15 is 0 Å². The normalized spacial score (nSPS) is 19.1. The molecule has 2 fully saturated rings. The van der Waals surface area contributed by atoms with Crippen molar-refractivity contribution in [2.24, 2.45) is 0 Å². The average molecular weight is 497 g/mol. The first-order valence-electron chi connectivity index (χ1n) is 12.0. The smallest absolute Gasteiger partial charge is 0.255 e. The van der Waals surface area contributed by atoms with Gasteiger partial charge in [-0.3, -0.25) is 9.69 Å².